The van der Waals surface area contributed by atoms with E-state index in [4.69, 9.17) is 4.74 Å². The van der Waals surface area contributed by atoms with Gasteiger partial charge < -0.3 is 4.74 Å². The number of hydrogen-bond donors (Lipinski definition) is 0. The maximum atomic E-state index is 13.6. The Hall–Kier alpha value is -1.90. The van der Waals surface area contributed by atoms with Crippen LogP contribution in [0.4, 0.5) is 4.39 Å². The molecule has 2 rings (SSSR count). The van der Waals surface area contributed by atoms with E-state index in [-0.39, 0.29) is 5.56 Å². The van der Waals surface area contributed by atoms with Gasteiger partial charge in [-0.25, -0.2) is 4.39 Å². The van der Waals surface area contributed by atoms with Crippen LogP contribution in [0.15, 0.2) is 30.3 Å². The number of hydrogen-bond acceptors (Lipinski definition) is 2. The normalized spacial score (nSPS) is 10.3. The first-order valence-electron chi connectivity index (χ1n) is 4.47. The lowest BCUT2D eigenvalue weighted by Gasteiger charge is -2.04. The van der Waals surface area contributed by atoms with Gasteiger partial charge in [-0.3, -0.25) is 4.79 Å². The van der Waals surface area contributed by atoms with Crippen LogP contribution in [0, 0.1) is 5.82 Å². The third kappa shape index (κ3) is 1.56. The van der Waals surface area contributed by atoms with Crippen LogP contribution in [0.1, 0.15) is 10.4 Å². The van der Waals surface area contributed by atoms with Gasteiger partial charge in [-0.05, 0) is 29.7 Å². The quantitative estimate of drug-likeness (QED) is 0.703. The van der Waals surface area contributed by atoms with Gasteiger partial charge in [0.15, 0.2) is 6.29 Å². The third-order valence-corrected chi connectivity index (χ3v) is 2.32. The van der Waals surface area contributed by atoms with E-state index in [9.17, 15) is 9.18 Å². The van der Waals surface area contributed by atoms with Crippen molar-refractivity contribution in [3.63, 3.8) is 0 Å². The summed E-state index contributed by atoms with van der Waals surface area (Å²) in [6.45, 7) is 0. The minimum absolute atomic E-state index is 0.0765. The number of ether oxygens (including phenoxy) is 1. The van der Waals surface area contributed by atoms with Crippen LogP contribution in [-0.4, -0.2) is 13.4 Å². The Morgan fingerprint density at radius 3 is 2.73 bits per heavy atom. The molecule has 0 atom stereocenters. The molecule has 2 nitrogen and oxygen atoms in total. The number of benzene rings is 2. The second-order valence-electron chi connectivity index (χ2n) is 3.17. The molecule has 0 bridgehead atoms. The molecular formula is C12H9FO2. The molecule has 0 aliphatic rings. The Labute approximate surface area is 86.3 Å². The molecule has 0 N–H and O–H groups in total. The van der Waals surface area contributed by atoms with Crippen molar-refractivity contribution >= 4 is 17.1 Å². The van der Waals surface area contributed by atoms with Crippen LogP contribution < -0.4 is 4.74 Å². The van der Waals surface area contributed by atoms with E-state index in [0.717, 1.165) is 5.39 Å². The van der Waals surface area contributed by atoms with Crippen molar-refractivity contribution < 1.29 is 13.9 Å². The van der Waals surface area contributed by atoms with Gasteiger partial charge in [0.1, 0.15) is 11.6 Å². The Morgan fingerprint density at radius 2 is 2.07 bits per heavy atom. The highest BCUT2D eigenvalue weighted by Gasteiger charge is 2.06. The van der Waals surface area contributed by atoms with Crippen molar-refractivity contribution in [1.82, 2.24) is 0 Å². The first-order valence-corrected chi connectivity index (χ1v) is 4.47. The van der Waals surface area contributed by atoms with Crippen LogP contribution in [0.3, 0.4) is 0 Å². The monoisotopic (exact) mass is 204 g/mol. The molecule has 2 aromatic rings. The first kappa shape index (κ1) is 9.65. The summed E-state index contributed by atoms with van der Waals surface area (Å²) in [5, 5.41) is 1.15. The van der Waals surface area contributed by atoms with Gasteiger partial charge in [0.25, 0.3) is 0 Å². The van der Waals surface area contributed by atoms with Gasteiger partial charge in [-0.2, -0.15) is 0 Å². The van der Waals surface area contributed by atoms with Crippen LogP contribution in [0.25, 0.3) is 10.8 Å². The van der Waals surface area contributed by atoms with Gasteiger partial charge in [-0.15, -0.1) is 0 Å². The molecule has 0 aliphatic heterocycles. The number of methoxy groups -OCH3 is 1. The molecule has 0 amide bonds. The molecule has 0 saturated heterocycles. The maximum Gasteiger partial charge on any atom is 0.153 e. The molecule has 3 heteroatoms. The fourth-order valence-corrected chi connectivity index (χ4v) is 1.50. The summed E-state index contributed by atoms with van der Waals surface area (Å²) >= 11 is 0. The molecule has 0 spiro atoms. The van der Waals surface area contributed by atoms with Crippen LogP contribution in [-0.2, 0) is 0 Å². The van der Waals surface area contributed by atoms with Gasteiger partial charge in [0, 0.05) is 5.39 Å². The van der Waals surface area contributed by atoms with Crippen molar-refractivity contribution in [3.05, 3.63) is 41.7 Å². The van der Waals surface area contributed by atoms with Crippen LogP contribution >= 0.6 is 0 Å². The highest BCUT2D eigenvalue weighted by atomic mass is 19.1. The fourth-order valence-electron chi connectivity index (χ4n) is 1.50. The van der Waals surface area contributed by atoms with Gasteiger partial charge in [-0.1, -0.05) is 6.07 Å². The van der Waals surface area contributed by atoms with E-state index < -0.39 is 5.82 Å². The number of aldehydes is 1. The van der Waals surface area contributed by atoms with E-state index in [2.05, 4.69) is 0 Å². The largest absolute Gasteiger partial charge is 0.497 e. The van der Waals surface area contributed by atoms with Crippen molar-refractivity contribution in [2.75, 3.05) is 7.11 Å². The summed E-state index contributed by atoms with van der Waals surface area (Å²) in [5.41, 5.74) is 0.0765. The van der Waals surface area contributed by atoms with E-state index in [1.165, 1.54) is 6.07 Å². The average molecular weight is 204 g/mol. The smallest absolute Gasteiger partial charge is 0.153 e. The lowest BCUT2D eigenvalue weighted by molar-refractivity contribution is 0.112. The summed E-state index contributed by atoms with van der Waals surface area (Å²) in [7, 11) is 1.55. The summed E-state index contributed by atoms with van der Waals surface area (Å²) < 4.78 is 18.7. The molecule has 0 saturated carbocycles. The predicted octanol–water partition coefficient (Wildman–Crippen LogP) is 2.80. The van der Waals surface area contributed by atoms with Crippen molar-refractivity contribution in [2.45, 2.75) is 0 Å². The number of rotatable bonds is 2. The zero-order chi connectivity index (χ0) is 10.8. The molecule has 0 unspecified atom stereocenters. The van der Waals surface area contributed by atoms with E-state index in [0.29, 0.717) is 17.4 Å². The SMILES string of the molecule is COc1ccc2c(F)c(C=O)ccc2c1. The molecule has 0 aromatic heterocycles. The number of fused-ring (bicyclic) bond motifs is 1. The third-order valence-electron chi connectivity index (χ3n) is 2.32. The molecule has 0 heterocycles. The lowest BCUT2D eigenvalue weighted by Crippen LogP contribution is -1.90. The van der Waals surface area contributed by atoms with Gasteiger partial charge in [0.05, 0.1) is 12.7 Å². The Kier molecular flexibility index (Phi) is 2.37. The average Bonchev–Trinajstić information content (AvgIpc) is 2.29. The van der Waals surface area contributed by atoms with Gasteiger partial charge >= 0.3 is 0 Å². The second kappa shape index (κ2) is 3.69. The summed E-state index contributed by atoms with van der Waals surface area (Å²) in [6, 6.07) is 8.16. The Bertz CT molecular complexity index is 520. The summed E-state index contributed by atoms with van der Waals surface area (Å²) in [4.78, 5) is 10.5. The second-order valence-corrected chi connectivity index (χ2v) is 3.17. The Balaban J connectivity index is 2.73. The molecule has 0 fully saturated rings. The minimum Gasteiger partial charge on any atom is -0.497 e. The number of carbonyl (C=O) groups excluding carboxylic acids is 1. The molecular weight excluding hydrogens is 195 g/mol. The predicted molar refractivity (Wildman–Crippen MR) is 55.8 cm³/mol. The maximum absolute atomic E-state index is 13.6. The lowest BCUT2D eigenvalue weighted by atomic mass is 10.1. The highest BCUT2D eigenvalue weighted by Crippen LogP contribution is 2.24. The number of carbonyl (C=O) groups is 1. The van der Waals surface area contributed by atoms with Gasteiger partial charge in [0.2, 0.25) is 0 Å². The first-order chi connectivity index (χ1) is 7.26. The minimum atomic E-state index is -0.481. The number of halogens is 1. The zero-order valence-electron chi connectivity index (χ0n) is 8.16. The fraction of sp³-hybridized carbons (Fsp3) is 0.0833. The molecule has 15 heavy (non-hydrogen) atoms. The molecule has 0 aliphatic carbocycles. The summed E-state index contributed by atoms with van der Waals surface area (Å²) in [5.74, 6) is 0.186. The van der Waals surface area contributed by atoms with Crippen molar-refractivity contribution in [3.8, 4) is 5.75 Å². The van der Waals surface area contributed by atoms with E-state index >= 15 is 0 Å². The molecule has 0 radical (unpaired) electrons. The highest BCUT2D eigenvalue weighted by molar-refractivity contribution is 5.90. The summed E-state index contributed by atoms with van der Waals surface area (Å²) in [6.07, 6.45) is 0.513. The van der Waals surface area contributed by atoms with Crippen LogP contribution in [0.2, 0.25) is 0 Å². The van der Waals surface area contributed by atoms with Crippen molar-refractivity contribution in [1.29, 1.82) is 0 Å². The zero-order valence-corrected chi connectivity index (χ0v) is 8.16. The standard InChI is InChI=1S/C12H9FO2/c1-15-10-4-5-11-8(6-10)2-3-9(7-14)12(11)13/h2-7H,1H3. The molecule has 2 aromatic carbocycles. The topological polar surface area (TPSA) is 26.3 Å². The molecule has 76 valence electrons. The van der Waals surface area contributed by atoms with E-state index in [1.807, 2.05) is 0 Å². The van der Waals surface area contributed by atoms with Crippen molar-refractivity contribution in [2.24, 2.45) is 0 Å². The van der Waals surface area contributed by atoms with Crippen LogP contribution in [0.5, 0.6) is 5.75 Å². The Morgan fingerprint density at radius 1 is 1.27 bits per heavy atom. The van der Waals surface area contributed by atoms with E-state index in [1.54, 1.807) is 31.4 Å².